The molecule has 5 nitrogen and oxygen atoms in total. The minimum absolute atomic E-state index is 0.216. The van der Waals surface area contributed by atoms with E-state index in [4.69, 9.17) is 19.9 Å². The van der Waals surface area contributed by atoms with Gasteiger partial charge in [0.25, 0.3) is 0 Å². The van der Waals surface area contributed by atoms with Gasteiger partial charge in [0.15, 0.2) is 6.29 Å². The van der Waals surface area contributed by atoms with Crippen molar-refractivity contribution in [1.82, 2.24) is 0 Å². The van der Waals surface area contributed by atoms with Crippen LogP contribution in [0.25, 0.3) is 0 Å². The lowest BCUT2D eigenvalue weighted by Gasteiger charge is -2.46. The normalized spacial score (nSPS) is 39.8. The van der Waals surface area contributed by atoms with Crippen LogP contribution >= 0.6 is 11.8 Å². The van der Waals surface area contributed by atoms with E-state index < -0.39 is 24.5 Å². The number of hydrogen-bond acceptors (Lipinski definition) is 6. The molecule has 6 heteroatoms. The molecule has 6 atom stereocenters. The Balaban J connectivity index is 1.71. The van der Waals surface area contributed by atoms with Gasteiger partial charge in [-0.05, 0) is 5.75 Å². The van der Waals surface area contributed by atoms with Gasteiger partial charge in [0.05, 0.1) is 12.6 Å². The van der Waals surface area contributed by atoms with Crippen LogP contribution in [0.5, 0.6) is 0 Å². The van der Waals surface area contributed by atoms with Gasteiger partial charge in [-0.15, -0.1) is 11.8 Å². The Hall–Kier alpha value is -0.630. The molecule has 0 aromatic heterocycles. The molecule has 0 saturated carbocycles. The molecular formula is C15H21NO4S. The maximum Gasteiger partial charge on any atom is 0.184 e. The molecule has 2 heterocycles. The lowest BCUT2D eigenvalue weighted by Crippen LogP contribution is -2.63. The Labute approximate surface area is 128 Å². The maximum atomic E-state index is 10.4. The first kappa shape index (κ1) is 15.3. The van der Waals surface area contributed by atoms with Crippen LogP contribution in [0.3, 0.4) is 0 Å². The van der Waals surface area contributed by atoms with Crippen molar-refractivity contribution in [3.05, 3.63) is 35.9 Å². The van der Waals surface area contributed by atoms with Crippen molar-refractivity contribution in [3.63, 3.8) is 0 Å². The van der Waals surface area contributed by atoms with Crippen LogP contribution in [0.4, 0.5) is 0 Å². The van der Waals surface area contributed by atoms with E-state index >= 15 is 0 Å². The van der Waals surface area contributed by atoms with Gasteiger partial charge in [-0.2, -0.15) is 0 Å². The van der Waals surface area contributed by atoms with Gasteiger partial charge >= 0.3 is 0 Å². The summed E-state index contributed by atoms with van der Waals surface area (Å²) in [5.41, 5.74) is 6.80. The molecule has 0 aliphatic carbocycles. The summed E-state index contributed by atoms with van der Waals surface area (Å²) in [6, 6.07) is 9.23. The number of ether oxygens (including phenoxy) is 3. The highest BCUT2D eigenvalue weighted by molar-refractivity contribution is 7.99. The number of nitrogens with two attached hydrogens (primary N) is 1. The fourth-order valence-corrected chi connectivity index (χ4v) is 3.64. The third-order valence-electron chi connectivity index (χ3n) is 3.82. The second kappa shape index (κ2) is 6.64. The summed E-state index contributed by atoms with van der Waals surface area (Å²) >= 11 is 1.60. The maximum absolute atomic E-state index is 10.4. The highest BCUT2D eigenvalue weighted by atomic mass is 32.2. The number of benzene rings is 1. The monoisotopic (exact) mass is 311 g/mol. The highest BCUT2D eigenvalue weighted by Gasteiger charge is 2.47. The van der Waals surface area contributed by atoms with Gasteiger partial charge in [-0.25, -0.2) is 0 Å². The number of thioether (sulfide) groups is 1. The summed E-state index contributed by atoms with van der Waals surface area (Å²) in [6.07, 6.45) is -1.95. The van der Waals surface area contributed by atoms with Gasteiger partial charge in [0, 0.05) is 5.56 Å². The van der Waals surface area contributed by atoms with E-state index in [1.807, 2.05) is 37.3 Å². The second-order valence-corrected chi connectivity index (χ2v) is 6.62. The zero-order valence-electron chi connectivity index (χ0n) is 11.9. The topological polar surface area (TPSA) is 73.9 Å². The fourth-order valence-electron chi connectivity index (χ4n) is 2.71. The average molecular weight is 311 g/mol. The van der Waals surface area contributed by atoms with Crippen LogP contribution in [-0.2, 0) is 14.2 Å². The molecule has 0 spiro atoms. The Kier molecular flexibility index (Phi) is 4.83. The third-order valence-corrected chi connectivity index (χ3v) is 4.90. The first-order valence-corrected chi connectivity index (χ1v) is 8.28. The molecule has 0 bridgehead atoms. The Morgan fingerprint density at radius 1 is 1.29 bits per heavy atom. The van der Waals surface area contributed by atoms with Crippen molar-refractivity contribution in [2.24, 2.45) is 5.73 Å². The SMILES string of the molecule is CCS[C@@H]1O[C@@H]2CO[C@@H](c3ccccc3)O[C@H]2[C@@H](O)[C@H]1N. The average Bonchev–Trinajstić information content (AvgIpc) is 2.53. The molecule has 1 aromatic rings. The molecule has 3 N–H and O–H groups in total. The molecule has 0 amide bonds. The first-order chi connectivity index (χ1) is 10.2. The van der Waals surface area contributed by atoms with Gasteiger partial charge in [0.1, 0.15) is 23.7 Å². The molecule has 3 rings (SSSR count). The number of fused-ring (bicyclic) bond motifs is 1. The summed E-state index contributed by atoms with van der Waals surface area (Å²) < 4.78 is 17.6. The largest absolute Gasteiger partial charge is 0.389 e. The Morgan fingerprint density at radius 3 is 2.76 bits per heavy atom. The van der Waals surface area contributed by atoms with Gasteiger partial charge in [0.2, 0.25) is 0 Å². The van der Waals surface area contributed by atoms with Crippen LogP contribution in [-0.4, -0.2) is 47.3 Å². The highest BCUT2D eigenvalue weighted by Crippen LogP contribution is 2.35. The molecule has 2 fully saturated rings. The standard InChI is InChI=1S/C15H21NO4S/c1-2-21-15-11(16)12(17)13-10(19-15)8-18-14(20-13)9-6-4-3-5-7-9/h3-7,10-15,17H,2,8,16H2,1H3/t10-,11-,12+,13-,14-,15+/m1/s1. The first-order valence-electron chi connectivity index (χ1n) is 7.23. The van der Waals surface area contributed by atoms with E-state index in [1.54, 1.807) is 11.8 Å². The molecule has 2 aliphatic rings. The summed E-state index contributed by atoms with van der Waals surface area (Å²) in [4.78, 5) is 0. The van der Waals surface area contributed by atoms with Crippen molar-refractivity contribution < 1.29 is 19.3 Å². The van der Waals surface area contributed by atoms with Crippen LogP contribution in [0.15, 0.2) is 30.3 Å². The molecule has 2 aliphatic heterocycles. The predicted molar refractivity (Wildman–Crippen MR) is 80.8 cm³/mol. The van der Waals surface area contributed by atoms with Crippen molar-refractivity contribution in [2.75, 3.05) is 12.4 Å². The van der Waals surface area contributed by atoms with Gasteiger partial charge in [-0.3, -0.25) is 0 Å². The molecule has 116 valence electrons. The summed E-state index contributed by atoms with van der Waals surface area (Å²) in [5.74, 6) is 0.886. The zero-order valence-corrected chi connectivity index (χ0v) is 12.7. The molecule has 1 aromatic carbocycles. The van der Waals surface area contributed by atoms with Crippen LogP contribution in [0.1, 0.15) is 18.8 Å². The molecule has 2 saturated heterocycles. The molecule has 0 radical (unpaired) electrons. The van der Waals surface area contributed by atoms with Gasteiger partial charge < -0.3 is 25.1 Å². The predicted octanol–water partition coefficient (Wildman–Crippen LogP) is 1.27. The molecular weight excluding hydrogens is 290 g/mol. The number of aliphatic hydroxyl groups excluding tert-OH is 1. The van der Waals surface area contributed by atoms with Crippen LogP contribution in [0, 0.1) is 0 Å². The summed E-state index contributed by atoms with van der Waals surface area (Å²) in [6.45, 7) is 2.44. The van der Waals surface area contributed by atoms with Crippen molar-refractivity contribution in [1.29, 1.82) is 0 Å². The molecule has 21 heavy (non-hydrogen) atoms. The van der Waals surface area contributed by atoms with Crippen LogP contribution in [0.2, 0.25) is 0 Å². The fraction of sp³-hybridized carbons (Fsp3) is 0.600. The minimum atomic E-state index is -0.747. The lowest BCUT2D eigenvalue weighted by molar-refractivity contribution is -0.305. The van der Waals surface area contributed by atoms with E-state index in [2.05, 4.69) is 0 Å². The van der Waals surface area contributed by atoms with E-state index in [0.29, 0.717) is 6.61 Å². The quantitative estimate of drug-likeness (QED) is 0.876. The van der Waals surface area contributed by atoms with Crippen LogP contribution < -0.4 is 5.73 Å². The van der Waals surface area contributed by atoms with E-state index in [0.717, 1.165) is 11.3 Å². The summed E-state index contributed by atoms with van der Waals surface area (Å²) in [5, 5.41) is 10.4. The van der Waals surface area contributed by atoms with Crippen molar-refractivity contribution >= 4 is 11.8 Å². The van der Waals surface area contributed by atoms with E-state index in [9.17, 15) is 5.11 Å². The number of hydrogen-bond donors (Lipinski definition) is 2. The van der Waals surface area contributed by atoms with Crippen molar-refractivity contribution in [3.8, 4) is 0 Å². The summed E-state index contributed by atoms with van der Waals surface area (Å²) in [7, 11) is 0. The second-order valence-electron chi connectivity index (χ2n) is 5.24. The third kappa shape index (κ3) is 3.11. The number of aliphatic hydroxyl groups is 1. The zero-order chi connectivity index (χ0) is 14.8. The molecule has 0 unspecified atom stereocenters. The Morgan fingerprint density at radius 2 is 2.05 bits per heavy atom. The number of rotatable bonds is 3. The Bertz CT molecular complexity index is 458. The van der Waals surface area contributed by atoms with E-state index in [1.165, 1.54) is 0 Å². The van der Waals surface area contributed by atoms with Crippen molar-refractivity contribution in [2.45, 2.75) is 43.0 Å². The smallest absolute Gasteiger partial charge is 0.184 e. The minimum Gasteiger partial charge on any atom is -0.389 e. The lowest BCUT2D eigenvalue weighted by atomic mass is 9.97. The van der Waals surface area contributed by atoms with Gasteiger partial charge in [-0.1, -0.05) is 37.3 Å². The van der Waals surface area contributed by atoms with E-state index in [-0.39, 0.29) is 11.5 Å².